The van der Waals surface area contributed by atoms with Gasteiger partial charge in [-0.1, -0.05) is 11.6 Å². The quantitative estimate of drug-likeness (QED) is 0.763. The minimum atomic E-state index is -0.367. The van der Waals surface area contributed by atoms with Gasteiger partial charge in [0.25, 0.3) is 0 Å². The van der Waals surface area contributed by atoms with Gasteiger partial charge in [0.05, 0.1) is 12.2 Å². The van der Waals surface area contributed by atoms with Gasteiger partial charge in [-0.05, 0) is 42.8 Å². The maximum Gasteiger partial charge on any atom is 0.134 e. The van der Waals surface area contributed by atoms with Crippen LogP contribution >= 0.6 is 11.6 Å². The highest BCUT2D eigenvalue weighted by molar-refractivity contribution is 6.30. The highest BCUT2D eigenvalue weighted by Gasteiger charge is 2.27. The molecule has 0 amide bonds. The van der Waals surface area contributed by atoms with E-state index in [0.717, 1.165) is 29.9 Å². The van der Waals surface area contributed by atoms with E-state index in [1.165, 1.54) is 6.07 Å². The topological polar surface area (TPSA) is 42.7 Å². The van der Waals surface area contributed by atoms with Crippen molar-refractivity contribution in [3.05, 3.63) is 59.3 Å². The van der Waals surface area contributed by atoms with Crippen LogP contribution in [0.3, 0.4) is 0 Å². The van der Waals surface area contributed by atoms with Gasteiger partial charge in [-0.3, -0.25) is 9.67 Å². The van der Waals surface area contributed by atoms with Crippen molar-refractivity contribution in [2.75, 3.05) is 6.54 Å². The van der Waals surface area contributed by atoms with Crippen molar-refractivity contribution in [3.8, 4) is 22.4 Å². The number of benzene rings is 1. The molecule has 1 atom stereocenters. The van der Waals surface area contributed by atoms with Crippen LogP contribution in [0.1, 0.15) is 18.7 Å². The van der Waals surface area contributed by atoms with Gasteiger partial charge in [0.15, 0.2) is 0 Å². The summed E-state index contributed by atoms with van der Waals surface area (Å²) < 4.78 is 16.5. The number of nitrogens with zero attached hydrogens (tertiary/aromatic N) is 3. The summed E-state index contributed by atoms with van der Waals surface area (Å²) in [7, 11) is 0. The summed E-state index contributed by atoms with van der Waals surface area (Å²) in [6.45, 7) is 3.69. The predicted octanol–water partition coefficient (Wildman–Crippen LogP) is 4.07. The Labute approximate surface area is 144 Å². The lowest BCUT2D eigenvalue weighted by molar-refractivity contribution is 0.421. The van der Waals surface area contributed by atoms with Crippen LogP contribution in [0.4, 0.5) is 4.39 Å². The monoisotopic (exact) mass is 342 g/mol. The van der Waals surface area contributed by atoms with Crippen LogP contribution in [0.2, 0.25) is 5.02 Å². The summed E-state index contributed by atoms with van der Waals surface area (Å²) in [5, 5.41) is 8.53. The van der Waals surface area contributed by atoms with Crippen LogP contribution in [-0.2, 0) is 6.54 Å². The average molecular weight is 343 g/mol. The van der Waals surface area contributed by atoms with E-state index in [2.05, 4.69) is 17.2 Å². The molecule has 6 heteroatoms. The smallest absolute Gasteiger partial charge is 0.134 e. The molecule has 4 nitrogen and oxygen atoms in total. The first-order valence-corrected chi connectivity index (χ1v) is 8.23. The normalized spacial score (nSPS) is 16.9. The molecule has 4 rings (SSSR count). The van der Waals surface area contributed by atoms with Crippen LogP contribution in [0.5, 0.6) is 0 Å². The van der Waals surface area contributed by atoms with Gasteiger partial charge < -0.3 is 5.32 Å². The second-order valence-electron chi connectivity index (χ2n) is 5.87. The third-order valence-electron chi connectivity index (χ3n) is 4.33. The van der Waals surface area contributed by atoms with Gasteiger partial charge in [0.2, 0.25) is 0 Å². The Bertz CT molecular complexity index is 892. The van der Waals surface area contributed by atoms with Crippen LogP contribution < -0.4 is 5.32 Å². The summed E-state index contributed by atoms with van der Waals surface area (Å²) in [6, 6.07) is 8.70. The molecule has 0 saturated heterocycles. The zero-order chi connectivity index (χ0) is 16.7. The summed E-state index contributed by atoms with van der Waals surface area (Å²) in [6.07, 6.45) is 3.48. The van der Waals surface area contributed by atoms with Crippen molar-refractivity contribution in [1.82, 2.24) is 20.1 Å². The molecule has 1 aromatic carbocycles. The molecule has 3 heterocycles. The van der Waals surface area contributed by atoms with E-state index in [9.17, 15) is 4.39 Å². The van der Waals surface area contributed by atoms with E-state index in [1.54, 1.807) is 24.5 Å². The van der Waals surface area contributed by atoms with Crippen molar-refractivity contribution in [3.63, 3.8) is 0 Å². The molecule has 0 saturated carbocycles. The number of fused-ring (bicyclic) bond motifs is 1. The van der Waals surface area contributed by atoms with Crippen LogP contribution in [-0.4, -0.2) is 21.3 Å². The van der Waals surface area contributed by atoms with Crippen LogP contribution in [0.15, 0.2) is 42.7 Å². The lowest BCUT2D eigenvalue weighted by Gasteiger charge is -2.23. The molecule has 122 valence electrons. The fourth-order valence-corrected chi connectivity index (χ4v) is 3.40. The van der Waals surface area contributed by atoms with Gasteiger partial charge >= 0.3 is 0 Å². The Hall–Kier alpha value is -2.24. The molecular weight excluding hydrogens is 327 g/mol. The highest BCUT2D eigenvalue weighted by Crippen LogP contribution is 2.39. The second kappa shape index (κ2) is 6.00. The van der Waals surface area contributed by atoms with E-state index in [1.807, 2.05) is 16.8 Å². The van der Waals surface area contributed by atoms with Crippen molar-refractivity contribution >= 4 is 11.6 Å². The minimum Gasteiger partial charge on any atom is -0.307 e. The van der Waals surface area contributed by atoms with Gasteiger partial charge in [-0.25, -0.2) is 4.39 Å². The van der Waals surface area contributed by atoms with Gasteiger partial charge in [-0.15, -0.1) is 0 Å². The first-order chi connectivity index (χ1) is 11.6. The first kappa shape index (κ1) is 15.3. The molecule has 0 spiro atoms. The summed E-state index contributed by atoms with van der Waals surface area (Å²) in [5.74, 6) is -0.367. The third-order valence-corrected chi connectivity index (χ3v) is 4.57. The lowest BCUT2D eigenvalue weighted by atomic mass is 9.96. The standard InChI is InChI=1S/C18H16ClFN4/c1-11-18-16(12-4-6-21-7-5-12)17(23-24(18)9-8-22-11)14-3-2-13(19)10-15(14)20/h2-7,10-11,22H,8-9H2,1H3. The van der Waals surface area contributed by atoms with Crippen LogP contribution in [0.25, 0.3) is 22.4 Å². The molecule has 1 aliphatic rings. The summed E-state index contributed by atoms with van der Waals surface area (Å²) >= 11 is 5.90. The van der Waals surface area contributed by atoms with Crippen molar-refractivity contribution in [1.29, 1.82) is 0 Å². The fourth-order valence-electron chi connectivity index (χ4n) is 3.24. The number of hydrogen-bond donors (Lipinski definition) is 1. The van der Waals surface area contributed by atoms with Crippen molar-refractivity contribution < 1.29 is 4.39 Å². The molecular formula is C18H16ClFN4. The molecule has 0 fully saturated rings. The molecule has 0 aliphatic carbocycles. The summed E-state index contributed by atoms with van der Waals surface area (Å²) in [4.78, 5) is 4.08. The maximum absolute atomic E-state index is 14.5. The minimum absolute atomic E-state index is 0.138. The number of hydrogen-bond acceptors (Lipinski definition) is 3. The maximum atomic E-state index is 14.5. The Balaban J connectivity index is 2.00. The number of pyridine rings is 1. The first-order valence-electron chi connectivity index (χ1n) is 7.85. The third kappa shape index (κ3) is 2.50. The van der Waals surface area contributed by atoms with Crippen molar-refractivity contribution in [2.24, 2.45) is 0 Å². The second-order valence-corrected chi connectivity index (χ2v) is 6.30. The van der Waals surface area contributed by atoms with E-state index >= 15 is 0 Å². The average Bonchev–Trinajstić information content (AvgIpc) is 2.96. The number of nitrogens with one attached hydrogen (secondary N) is 1. The SMILES string of the molecule is CC1NCCn2nc(-c3ccc(Cl)cc3F)c(-c3ccncc3)c21. The van der Waals surface area contributed by atoms with E-state index in [4.69, 9.17) is 16.7 Å². The molecule has 1 aliphatic heterocycles. The molecule has 1 N–H and O–H groups in total. The Morgan fingerprint density at radius 2 is 2.04 bits per heavy atom. The van der Waals surface area contributed by atoms with Crippen LogP contribution in [0, 0.1) is 5.82 Å². The zero-order valence-electron chi connectivity index (χ0n) is 13.1. The number of rotatable bonds is 2. The van der Waals surface area contributed by atoms with Gasteiger partial charge in [0, 0.05) is 41.1 Å². The number of aromatic nitrogens is 3. The van der Waals surface area contributed by atoms with Gasteiger partial charge in [-0.2, -0.15) is 5.10 Å². The van der Waals surface area contributed by atoms with Gasteiger partial charge in [0.1, 0.15) is 11.5 Å². The molecule has 0 radical (unpaired) electrons. The molecule has 0 bridgehead atoms. The lowest BCUT2D eigenvalue weighted by Crippen LogP contribution is -2.32. The molecule has 24 heavy (non-hydrogen) atoms. The predicted molar refractivity (Wildman–Crippen MR) is 92.3 cm³/mol. The molecule has 3 aromatic rings. The summed E-state index contributed by atoms with van der Waals surface area (Å²) in [5.41, 5.74) is 4.09. The van der Waals surface area contributed by atoms with E-state index in [-0.39, 0.29) is 11.9 Å². The molecule has 1 unspecified atom stereocenters. The number of halogens is 2. The highest BCUT2D eigenvalue weighted by atomic mass is 35.5. The Morgan fingerprint density at radius 3 is 2.79 bits per heavy atom. The largest absolute Gasteiger partial charge is 0.307 e. The fraction of sp³-hybridized carbons (Fsp3) is 0.222. The van der Waals surface area contributed by atoms with E-state index < -0.39 is 0 Å². The van der Waals surface area contributed by atoms with Crippen molar-refractivity contribution in [2.45, 2.75) is 19.5 Å². The molecule has 2 aromatic heterocycles. The van der Waals surface area contributed by atoms with E-state index in [0.29, 0.717) is 16.3 Å². The Morgan fingerprint density at radius 1 is 1.25 bits per heavy atom. The zero-order valence-corrected chi connectivity index (χ0v) is 13.9. The Kier molecular flexibility index (Phi) is 3.82.